The van der Waals surface area contributed by atoms with Gasteiger partial charge in [0.1, 0.15) is 0 Å². The molecule has 0 bridgehead atoms. The monoisotopic (exact) mass is 391 g/mol. The van der Waals surface area contributed by atoms with Crippen LogP contribution in [0.4, 0.5) is 0 Å². The highest BCUT2D eigenvalue weighted by molar-refractivity contribution is 7.10. The third-order valence-electron chi connectivity index (χ3n) is 5.88. The maximum Gasteiger partial charge on any atom is 0.219 e. The number of amides is 1. The second kappa shape index (κ2) is 9.55. The Morgan fingerprint density at radius 2 is 2.07 bits per heavy atom. The zero-order chi connectivity index (χ0) is 19.2. The summed E-state index contributed by atoms with van der Waals surface area (Å²) in [5.41, 5.74) is 0. The molecule has 2 atom stereocenters. The van der Waals surface area contributed by atoms with Gasteiger partial charge in [-0.05, 0) is 56.6 Å². The Balaban J connectivity index is 1.52. The summed E-state index contributed by atoms with van der Waals surface area (Å²) in [5.74, 6) is 1.65. The summed E-state index contributed by atoms with van der Waals surface area (Å²) < 4.78 is 0. The maximum absolute atomic E-state index is 11.5. The highest BCUT2D eigenvalue weighted by Gasteiger charge is 2.31. The number of likely N-dealkylation sites (tertiary alicyclic amines) is 2. The van der Waals surface area contributed by atoms with Gasteiger partial charge in [-0.3, -0.25) is 14.7 Å². The molecule has 0 spiro atoms. The fourth-order valence-electron chi connectivity index (χ4n) is 4.34. The zero-order valence-corrected chi connectivity index (χ0v) is 17.6. The molecule has 0 radical (unpaired) electrons. The van der Waals surface area contributed by atoms with E-state index in [0.29, 0.717) is 18.0 Å². The van der Waals surface area contributed by atoms with Gasteiger partial charge in [0.2, 0.25) is 5.91 Å². The lowest BCUT2D eigenvalue weighted by atomic mass is 9.88. The van der Waals surface area contributed by atoms with E-state index in [0.717, 1.165) is 38.4 Å². The van der Waals surface area contributed by atoms with E-state index >= 15 is 0 Å². The number of nitrogens with zero attached hydrogens (tertiary/aromatic N) is 3. The summed E-state index contributed by atoms with van der Waals surface area (Å²) in [4.78, 5) is 21.8. The lowest BCUT2D eigenvalue weighted by molar-refractivity contribution is -0.129. The van der Waals surface area contributed by atoms with Gasteiger partial charge in [0.05, 0.1) is 0 Å². The molecular formula is C20H33N5OS. The second-order valence-electron chi connectivity index (χ2n) is 7.72. The highest BCUT2D eigenvalue weighted by atomic mass is 32.1. The van der Waals surface area contributed by atoms with E-state index in [9.17, 15) is 4.79 Å². The van der Waals surface area contributed by atoms with Gasteiger partial charge in [-0.2, -0.15) is 0 Å². The van der Waals surface area contributed by atoms with E-state index in [-0.39, 0.29) is 5.91 Å². The predicted octanol–water partition coefficient (Wildman–Crippen LogP) is 2.31. The normalized spacial score (nSPS) is 25.4. The van der Waals surface area contributed by atoms with Crippen molar-refractivity contribution >= 4 is 23.2 Å². The molecule has 0 saturated carbocycles. The minimum atomic E-state index is 0.178. The first-order chi connectivity index (χ1) is 13.1. The van der Waals surface area contributed by atoms with Crippen LogP contribution in [0.2, 0.25) is 0 Å². The van der Waals surface area contributed by atoms with Crippen molar-refractivity contribution in [1.82, 2.24) is 20.4 Å². The van der Waals surface area contributed by atoms with Crippen molar-refractivity contribution in [1.29, 1.82) is 0 Å². The van der Waals surface area contributed by atoms with Crippen LogP contribution in [0.25, 0.3) is 0 Å². The number of hydrogen-bond acceptors (Lipinski definition) is 4. The van der Waals surface area contributed by atoms with Gasteiger partial charge in [-0.15, -0.1) is 11.3 Å². The molecule has 2 fully saturated rings. The summed E-state index contributed by atoms with van der Waals surface area (Å²) in [6, 6.07) is 5.29. The summed E-state index contributed by atoms with van der Waals surface area (Å²) >= 11 is 1.86. The van der Waals surface area contributed by atoms with Gasteiger partial charge < -0.3 is 15.5 Å². The third kappa shape index (κ3) is 5.23. The fourth-order valence-corrected chi connectivity index (χ4v) is 5.32. The molecule has 0 aromatic carbocycles. The largest absolute Gasteiger partial charge is 0.356 e. The molecule has 3 heterocycles. The van der Waals surface area contributed by atoms with Crippen LogP contribution in [0.1, 0.15) is 43.5 Å². The lowest BCUT2D eigenvalue weighted by Gasteiger charge is -2.39. The minimum Gasteiger partial charge on any atom is -0.356 e. The van der Waals surface area contributed by atoms with Crippen LogP contribution in [-0.4, -0.2) is 68.0 Å². The molecule has 27 heavy (non-hydrogen) atoms. The Morgan fingerprint density at radius 3 is 2.70 bits per heavy atom. The van der Waals surface area contributed by atoms with Crippen LogP contribution in [0.3, 0.4) is 0 Å². The molecule has 1 aromatic rings. The van der Waals surface area contributed by atoms with E-state index in [1.807, 2.05) is 23.3 Å². The average molecular weight is 392 g/mol. The standard InChI is InChI=1S/C20H33N5OS/c1-15(26)25-11-8-17(9-12-25)23-20(21-2)22-14-16-6-4-10-24(3)19(16)18-7-5-13-27-18/h5,7,13,16-17,19H,4,6,8-12,14H2,1-3H3,(H2,21,22,23). The first-order valence-corrected chi connectivity index (χ1v) is 10.9. The first kappa shape index (κ1) is 20.1. The molecule has 3 rings (SSSR count). The number of carbonyl (C=O) groups excluding carboxylic acids is 1. The summed E-state index contributed by atoms with van der Waals surface area (Å²) in [6.45, 7) is 5.41. The second-order valence-corrected chi connectivity index (χ2v) is 8.70. The number of carbonyl (C=O) groups is 1. The van der Waals surface area contributed by atoms with Crippen molar-refractivity contribution in [2.24, 2.45) is 10.9 Å². The van der Waals surface area contributed by atoms with Crippen molar-refractivity contribution < 1.29 is 4.79 Å². The van der Waals surface area contributed by atoms with E-state index in [1.165, 1.54) is 24.3 Å². The van der Waals surface area contributed by atoms with Crippen molar-refractivity contribution in [2.45, 2.75) is 44.7 Å². The Morgan fingerprint density at radius 1 is 1.30 bits per heavy atom. The number of piperidine rings is 2. The number of hydrogen-bond donors (Lipinski definition) is 2. The topological polar surface area (TPSA) is 60.0 Å². The minimum absolute atomic E-state index is 0.178. The zero-order valence-electron chi connectivity index (χ0n) is 16.8. The van der Waals surface area contributed by atoms with Gasteiger partial charge in [0, 0.05) is 50.6 Å². The molecule has 150 valence electrons. The SMILES string of the molecule is CN=C(NCC1CCCN(C)C1c1cccs1)NC1CCN(C(C)=O)CC1. The molecule has 2 unspecified atom stereocenters. The lowest BCUT2D eigenvalue weighted by Crippen LogP contribution is -2.51. The number of guanidine groups is 1. The Hall–Kier alpha value is -1.60. The molecule has 2 saturated heterocycles. The van der Waals surface area contributed by atoms with Gasteiger partial charge in [0.15, 0.2) is 5.96 Å². The Kier molecular flexibility index (Phi) is 7.13. The van der Waals surface area contributed by atoms with Crippen molar-refractivity contribution in [3.05, 3.63) is 22.4 Å². The first-order valence-electron chi connectivity index (χ1n) is 10.0. The van der Waals surface area contributed by atoms with E-state index in [2.05, 4.69) is 45.1 Å². The van der Waals surface area contributed by atoms with Gasteiger partial charge in [0.25, 0.3) is 0 Å². The number of rotatable bonds is 4. The van der Waals surface area contributed by atoms with Gasteiger partial charge in [-0.25, -0.2) is 0 Å². The Bertz CT molecular complexity index is 624. The fraction of sp³-hybridized carbons (Fsp3) is 0.700. The Labute approximate surface area is 167 Å². The number of aliphatic imine (C=N–C) groups is 1. The quantitative estimate of drug-likeness (QED) is 0.611. The van der Waals surface area contributed by atoms with Crippen molar-refractivity contribution in [2.75, 3.05) is 40.3 Å². The van der Waals surface area contributed by atoms with Crippen molar-refractivity contribution in [3.8, 4) is 0 Å². The third-order valence-corrected chi connectivity index (χ3v) is 6.82. The number of thiophene rings is 1. The maximum atomic E-state index is 11.5. The van der Waals surface area contributed by atoms with Crippen molar-refractivity contribution in [3.63, 3.8) is 0 Å². The molecule has 1 amide bonds. The van der Waals surface area contributed by atoms with Crippen LogP contribution in [0.5, 0.6) is 0 Å². The molecule has 0 aliphatic carbocycles. The highest BCUT2D eigenvalue weighted by Crippen LogP contribution is 2.36. The van der Waals surface area contributed by atoms with Crippen LogP contribution >= 0.6 is 11.3 Å². The van der Waals surface area contributed by atoms with Crippen LogP contribution in [-0.2, 0) is 4.79 Å². The smallest absolute Gasteiger partial charge is 0.219 e. The van der Waals surface area contributed by atoms with Crippen LogP contribution < -0.4 is 10.6 Å². The molecule has 1 aromatic heterocycles. The predicted molar refractivity (Wildman–Crippen MR) is 112 cm³/mol. The van der Waals surface area contributed by atoms with E-state index < -0.39 is 0 Å². The van der Waals surface area contributed by atoms with Gasteiger partial charge in [-0.1, -0.05) is 6.07 Å². The summed E-state index contributed by atoms with van der Waals surface area (Å²) in [7, 11) is 4.08. The molecular weight excluding hydrogens is 358 g/mol. The molecule has 2 N–H and O–H groups in total. The van der Waals surface area contributed by atoms with Crippen LogP contribution in [0.15, 0.2) is 22.5 Å². The molecule has 6 nitrogen and oxygen atoms in total. The molecule has 2 aliphatic rings. The average Bonchev–Trinajstić information content (AvgIpc) is 3.19. The number of nitrogens with one attached hydrogen (secondary N) is 2. The summed E-state index contributed by atoms with van der Waals surface area (Å²) in [5, 5.41) is 9.30. The molecule has 7 heteroatoms. The van der Waals surface area contributed by atoms with Crippen LogP contribution in [0, 0.1) is 5.92 Å². The summed E-state index contributed by atoms with van der Waals surface area (Å²) in [6.07, 6.45) is 4.45. The van der Waals surface area contributed by atoms with E-state index in [4.69, 9.17) is 0 Å². The van der Waals surface area contributed by atoms with E-state index in [1.54, 1.807) is 6.92 Å². The van der Waals surface area contributed by atoms with Gasteiger partial charge >= 0.3 is 0 Å². The molecule has 2 aliphatic heterocycles.